The average molecular weight is 322 g/mol. The zero-order chi connectivity index (χ0) is 15.7. The fraction of sp³-hybridized carbons (Fsp3) is 1.00. The second-order valence-electron chi connectivity index (χ2n) is 5.71. The summed E-state index contributed by atoms with van der Waals surface area (Å²) in [5.41, 5.74) is 0. The van der Waals surface area contributed by atoms with E-state index in [9.17, 15) is 13.5 Å². The molecule has 126 valence electrons. The Morgan fingerprint density at radius 3 is 2.62 bits per heavy atom. The predicted molar refractivity (Wildman–Crippen MR) is 83.8 cm³/mol. The molecule has 21 heavy (non-hydrogen) atoms. The fourth-order valence-electron chi connectivity index (χ4n) is 2.57. The minimum absolute atomic E-state index is 0.326. The van der Waals surface area contributed by atoms with Gasteiger partial charge in [0, 0.05) is 19.6 Å². The standard InChI is InChI=1S/C14H30N2O4S/c1-3-16(21(2,18)19)10-6-9-15-11-13(17)12-20-14-7-4-5-8-14/h13-15,17H,3-12H2,1-2H3. The third-order valence-electron chi connectivity index (χ3n) is 3.79. The van der Waals surface area contributed by atoms with Crippen LogP contribution in [0, 0.1) is 0 Å². The minimum atomic E-state index is -3.10. The molecule has 7 heteroatoms. The van der Waals surface area contributed by atoms with Gasteiger partial charge in [0.25, 0.3) is 0 Å². The molecule has 0 heterocycles. The molecule has 1 atom stereocenters. The van der Waals surface area contributed by atoms with Gasteiger partial charge in [-0.3, -0.25) is 0 Å². The van der Waals surface area contributed by atoms with Gasteiger partial charge in [0.2, 0.25) is 10.0 Å². The lowest BCUT2D eigenvalue weighted by Gasteiger charge is -2.18. The molecule has 0 aromatic rings. The molecule has 0 aliphatic heterocycles. The average Bonchev–Trinajstić information content (AvgIpc) is 2.92. The van der Waals surface area contributed by atoms with Gasteiger partial charge in [-0.05, 0) is 25.8 Å². The van der Waals surface area contributed by atoms with Crippen LogP contribution in [0.3, 0.4) is 0 Å². The summed E-state index contributed by atoms with van der Waals surface area (Å²) in [5, 5.41) is 12.9. The van der Waals surface area contributed by atoms with Crippen LogP contribution in [0.25, 0.3) is 0 Å². The number of rotatable bonds is 11. The van der Waals surface area contributed by atoms with E-state index in [2.05, 4.69) is 5.32 Å². The number of aliphatic hydroxyl groups excluding tert-OH is 1. The first kappa shape index (κ1) is 18.8. The zero-order valence-corrected chi connectivity index (χ0v) is 14.1. The van der Waals surface area contributed by atoms with E-state index in [0.29, 0.717) is 38.9 Å². The van der Waals surface area contributed by atoms with Gasteiger partial charge in [-0.25, -0.2) is 12.7 Å². The van der Waals surface area contributed by atoms with Gasteiger partial charge >= 0.3 is 0 Å². The second-order valence-corrected chi connectivity index (χ2v) is 7.69. The molecule has 0 aromatic carbocycles. The Kier molecular flexibility index (Phi) is 8.73. The highest BCUT2D eigenvalue weighted by Crippen LogP contribution is 2.20. The summed E-state index contributed by atoms with van der Waals surface area (Å²) in [7, 11) is -3.10. The Hall–Kier alpha value is -0.210. The molecular weight excluding hydrogens is 292 g/mol. The van der Waals surface area contributed by atoms with Crippen molar-refractivity contribution in [2.45, 2.75) is 51.2 Å². The van der Waals surface area contributed by atoms with Gasteiger partial charge in [0.15, 0.2) is 0 Å². The highest BCUT2D eigenvalue weighted by Gasteiger charge is 2.17. The van der Waals surface area contributed by atoms with Crippen molar-refractivity contribution in [1.29, 1.82) is 0 Å². The predicted octanol–water partition coefficient (Wildman–Crippen LogP) is 0.568. The van der Waals surface area contributed by atoms with Crippen LogP contribution in [0.4, 0.5) is 0 Å². The molecule has 0 spiro atoms. The van der Waals surface area contributed by atoms with E-state index in [1.54, 1.807) is 0 Å². The molecule has 0 amide bonds. The van der Waals surface area contributed by atoms with Crippen molar-refractivity contribution in [1.82, 2.24) is 9.62 Å². The topological polar surface area (TPSA) is 78.9 Å². The Morgan fingerprint density at radius 1 is 1.38 bits per heavy atom. The molecule has 1 aliphatic rings. The number of nitrogens with zero attached hydrogens (tertiary/aromatic N) is 1. The van der Waals surface area contributed by atoms with Crippen LogP contribution >= 0.6 is 0 Å². The lowest BCUT2D eigenvalue weighted by atomic mass is 10.3. The monoisotopic (exact) mass is 322 g/mol. The second kappa shape index (κ2) is 9.74. The lowest BCUT2D eigenvalue weighted by molar-refractivity contribution is -0.00536. The van der Waals surface area contributed by atoms with E-state index in [1.165, 1.54) is 23.4 Å². The third-order valence-corrected chi connectivity index (χ3v) is 5.17. The van der Waals surface area contributed by atoms with E-state index in [4.69, 9.17) is 4.74 Å². The molecule has 1 fully saturated rings. The van der Waals surface area contributed by atoms with Crippen molar-refractivity contribution < 1.29 is 18.3 Å². The molecule has 0 saturated heterocycles. The molecule has 6 nitrogen and oxygen atoms in total. The molecule has 0 bridgehead atoms. The molecule has 1 unspecified atom stereocenters. The van der Waals surface area contributed by atoms with E-state index in [1.807, 2.05) is 6.92 Å². The highest BCUT2D eigenvalue weighted by molar-refractivity contribution is 7.88. The number of ether oxygens (including phenoxy) is 1. The van der Waals surface area contributed by atoms with Crippen LogP contribution in [0.1, 0.15) is 39.0 Å². The van der Waals surface area contributed by atoms with Crippen LogP contribution in [0.2, 0.25) is 0 Å². The summed E-state index contributed by atoms with van der Waals surface area (Å²) < 4.78 is 29.9. The minimum Gasteiger partial charge on any atom is -0.389 e. The van der Waals surface area contributed by atoms with Crippen molar-refractivity contribution in [3.05, 3.63) is 0 Å². The van der Waals surface area contributed by atoms with Crippen molar-refractivity contribution >= 4 is 10.0 Å². The van der Waals surface area contributed by atoms with Crippen LogP contribution in [-0.4, -0.2) is 69.1 Å². The summed E-state index contributed by atoms with van der Waals surface area (Å²) in [6.07, 6.45) is 6.47. The van der Waals surface area contributed by atoms with Gasteiger partial charge in [-0.15, -0.1) is 0 Å². The molecule has 1 rings (SSSR count). The molecule has 0 aromatic heterocycles. The van der Waals surface area contributed by atoms with Crippen molar-refractivity contribution in [2.75, 3.05) is 39.0 Å². The summed E-state index contributed by atoms with van der Waals surface area (Å²) >= 11 is 0. The lowest BCUT2D eigenvalue weighted by Crippen LogP contribution is -2.35. The maximum atomic E-state index is 11.4. The number of aliphatic hydroxyl groups is 1. The quantitative estimate of drug-likeness (QED) is 0.544. The molecule has 0 radical (unpaired) electrons. The van der Waals surface area contributed by atoms with Crippen molar-refractivity contribution in [3.63, 3.8) is 0 Å². The largest absolute Gasteiger partial charge is 0.389 e. The van der Waals surface area contributed by atoms with Crippen LogP contribution in [0.15, 0.2) is 0 Å². The Labute approximate surface area is 128 Å². The first-order chi connectivity index (χ1) is 9.93. The number of nitrogens with one attached hydrogen (secondary N) is 1. The highest BCUT2D eigenvalue weighted by atomic mass is 32.2. The molecular formula is C14H30N2O4S. The van der Waals surface area contributed by atoms with Gasteiger partial charge in [0.05, 0.1) is 25.1 Å². The SMILES string of the molecule is CCN(CCCNCC(O)COC1CCCC1)S(C)(=O)=O. The maximum absolute atomic E-state index is 11.4. The Balaban J connectivity index is 2.02. The van der Waals surface area contributed by atoms with Crippen LogP contribution in [-0.2, 0) is 14.8 Å². The van der Waals surface area contributed by atoms with Gasteiger partial charge < -0.3 is 15.2 Å². The number of hydrogen-bond donors (Lipinski definition) is 2. The van der Waals surface area contributed by atoms with Gasteiger partial charge in [-0.2, -0.15) is 0 Å². The van der Waals surface area contributed by atoms with Crippen LogP contribution < -0.4 is 5.32 Å². The number of hydrogen-bond acceptors (Lipinski definition) is 5. The molecule has 2 N–H and O–H groups in total. The zero-order valence-electron chi connectivity index (χ0n) is 13.3. The first-order valence-electron chi connectivity index (χ1n) is 7.89. The van der Waals surface area contributed by atoms with E-state index in [-0.39, 0.29) is 0 Å². The van der Waals surface area contributed by atoms with E-state index < -0.39 is 16.1 Å². The van der Waals surface area contributed by atoms with Crippen molar-refractivity contribution in [2.24, 2.45) is 0 Å². The molecule has 1 saturated carbocycles. The maximum Gasteiger partial charge on any atom is 0.211 e. The Morgan fingerprint density at radius 2 is 2.05 bits per heavy atom. The summed E-state index contributed by atoms with van der Waals surface area (Å²) in [5.74, 6) is 0. The summed E-state index contributed by atoms with van der Waals surface area (Å²) in [6, 6.07) is 0. The van der Waals surface area contributed by atoms with E-state index >= 15 is 0 Å². The van der Waals surface area contributed by atoms with Crippen molar-refractivity contribution in [3.8, 4) is 0 Å². The fourth-order valence-corrected chi connectivity index (χ4v) is 3.50. The summed E-state index contributed by atoms with van der Waals surface area (Å²) in [4.78, 5) is 0. The smallest absolute Gasteiger partial charge is 0.211 e. The van der Waals surface area contributed by atoms with Crippen LogP contribution in [0.5, 0.6) is 0 Å². The number of sulfonamides is 1. The van der Waals surface area contributed by atoms with Gasteiger partial charge in [0.1, 0.15) is 0 Å². The third kappa shape index (κ3) is 8.11. The first-order valence-corrected chi connectivity index (χ1v) is 9.73. The van der Waals surface area contributed by atoms with Gasteiger partial charge in [-0.1, -0.05) is 19.8 Å². The Bertz CT molecular complexity index is 369. The normalized spacial score (nSPS) is 18.5. The summed E-state index contributed by atoms with van der Waals surface area (Å²) in [6.45, 7) is 4.39. The molecule has 1 aliphatic carbocycles. The van der Waals surface area contributed by atoms with E-state index in [0.717, 1.165) is 19.3 Å².